The summed E-state index contributed by atoms with van der Waals surface area (Å²) in [4.78, 5) is 36.3. The maximum absolute atomic E-state index is 12.1. The average molecular weight is 450 g/mol. The average Bonchev–Trinajstić information content (AvgIpc) is 3.33. The molecule has 9 nitrogen and oxygen atoms in total. The van der Waals surface area contributed by atoms with Gasteiger partial charge in [-0.15, -0.1) is 0 Å². The van der Waals surface area contributed by atoms with E-state index in [1.165, 1.54) is 0 Å². The lowest BCUT2D eigenvalue weighted by atomic mass is 10.2. The number of ether oxygens (including phenoxy) is 1. The van der Waals surface area contributed by atoms with Crippen LogP contribution in [0.2, 0.25) is 0 Å². The second kappa shape index (κ2) is 12.0. The number of carbonyl (C=O) groups excluding carboxylic acids is 3. The van der Waals surface area contributed by atoms with Gasteiger partial charge in [-0.3, -0.25) is 19.1 Å². The van der Waals surface area contributed by atoms with E-state index in [0.29, 0.717) is 42.9 Å². The number of rotatable bonds is 11. The highest BCUT2D eigenvalue weighted by molar-refractivity contribution is 5.94. The van der Waals surface area contributed by atoms with Gasteiger partial charge in [-0.05, 0) is 54.4 Å². The number of hydrogen-bond acceptors (Lipinski definition) is 5. The Labute approximate surface area is 192 Å². The topological polar surface area (TPSA) is 114 Å². The van der Waals surface area contributed by atoms with Crippen LogP contribution in [-0.4, -0.2) is 41.2 Å². The maximum Gasteiger partial charge on any atom is 0.251 e. The van der Waals surface area contributed by atoms with Crippen molar-refractivity contribution in [1.29, 1.82) is 0 Å². The molecule has 0 atom stereocenters. The van der Waals surface area contributed by atoms with Gasteiger partial charge >= 0.3 is 0 Å². The Morgan fingerprint density at radius 2 is 1.82 bits per heavy atom. The van der Waals surface area contributed by atoms with Crippen molar-refractivity contribution in [3.63, 3.8) is 0 Å². The van der Waals surface area contributed by atoms with Gasteiger partial charge in [0.2, 0.25) is 11.8 Å². The molecule has 2 aromatic carbocycles. The van der Waals surface area contributed by atoms with Gasteiger partial charge in [0.05, 0.1) is 7.11 Å². The molecule has 0 aliphatic carbocycles. The zero-order valence-electron chi connectivity index (χ0n) is 18.4. The zero-order valence-corrected chi connectivity index (χ0v) is 18.4. The standard InChI is InChI=1S/C24H27N5O4/c1-33-21-10-8-19(9-11-21)24(32)25-12-3-7-22(30)26-16-18-5-2-6-20(15-18)28-23(31)17-29-14-4-13-27-29/h2,4-6,8-11,13-15H,3,7,12,16-17H2,1H3,(H,25,32)(H,26,30)(H,28,31). The predicted octanol–water partition coefficient (Wildman–Crippen LogP) is 2.36. The highest BCUT2D eigenvalue weighted by atomic mass is 16.5. The number of aromatic nitrogens is 2. The smallest absolute Gasteiger partial charge is 0.251 e. The molecule has 1 heterocycles. The van der Waals surface area contributed by atoms with Crippen LogP contribution in [0.5, 0.6) is 5.75 Å². The molecule has 1 aromatic heterocycles. The Morgan fingerprint density at radius 1 is 1.00 bits per heavy atom. The van der Waals surface area contributed by atoms with E-state index in [9.17, 15) is 14.4 Å². The largest absolute Gasteiger partial charge is 0.497 e. The second-order valence-electron chi connectivity index (χ2n) is 7.32. The summed E-state index contributed by atoms with van der Waals surface area (Å²) in [7, 11) is 1.57. The van der Waals surface area contributed by atoms with Gasteiger partial charge in [0.1, 0.15) is 12.3 Å². The number of hydrogen-bond donors (Lipinski definition) is 3. The molecule has 0 aliphatic rings. The van der Waals surface area contributed by atoms with Crippen molar-refractivity contribution < 1.29 is 19.1 Å². The summed E-state index contributed by atoms with van der Waals surface area (Å²) in [5.74, 6) is 0.202. The lowest BCUT2D eigenvalue weighted by molar-refractivity contribution is -0.121. The summed E-state index contributed by atoms with van der Waals surface area (Å²) >= 11 is 0. The predicted molar refractivity (Wildman–Crippen MR) is 124 cm³/mol. The lowest BCUT2D eigenvalue weighted by Crippen LogP contribution is -2.27. The monoisotopic (exact) mass is 449 g/mol. The van der Waals surface area contributed by atoms with Gasteiger partial charge in [-0.2, -0.15) is 5.10 Å². The molecule has 33 heavy (non-hydrogen) atoms. The highest BCUT2D eigenvalue weighted by Gasteiger charge is 2.07. The lowest BCUT2D eigenvalue weighted by Gasteiger charge is -2.09. The number of amides is 3. The number of nitrogens with zero attached hydrogens (tertiary/aromatic N) is 2. The zero-order chi connectivity index (χ0) is 23.5. The third-order valence-electron chi connectivity index (χ3n) is 4.78. The van der Waals surface area contributed by atoms with E-state index in [2.05, 4.69) is 21.0 Å². The van der Waals surface area contributed by atoms with E-state index in [4.69, 9.17) is 4.74 Å². The Kier molecular flexibility index (Phi) is 8.58. The van der Waals surface area contributed by atoms with E-state index in [-0.39, 0.29) is 24.3 Å². The van der Waals surface area contributed by atoms with Crippen molar-refractivity contribution in [2.75, 3.05) is 19.0 Å². The molecule has 0 radical (unpaired) electrons. The van der Waals surface area contributed by atoms with Crippen LogP contribution in [0.15, 0.2) is 67.0 Å². The van der Waals surface area contributed by atoms with Gasteiger partial charge in [0.15, 0.2) is 0 Å². The van der Waals surface area contributed by atoms with Crippen LogP contribution in [0, 0.1) is 0 Å². The molecule has 0 bridgehead atoms. The first-order valence-electron chi connectivity index (χ1n) is 10.6. The highest BCUT2D eigenvalue weighted by Crippen LogP contribution is 2.12. The minimum atomic E-state index is -0.190. The van der Waals surface area contributed by atoms with Crippen molar-refractivity contribution >= 4 is 23.4 Å². The SMILES string of the molecule is COc1ccc(C(=O)NCCCC(=O)NCc2cccc(NC(=O)Cn3cccn3)c2)cc1. The minimum Gasteiger partial charge on any atom is -0.497 e. The molecule has 3 rings (SSSR count). The Bertz CT molecular complexity index is 1060. The van der Waals surface area contributed by atoms with Gasteiger partial charge in [0.25, 0.3) is 5.91 Å². The molecule has 0 saturated carbocycles. The first-order valence-corrected chi connectivity index (χ1v) is 10.6. The fraction of sp³-hybridized carbons (Fsp3) is 0.250. The van der Waals surface area contributed by atoms with Gasteiger partial charge in [-0.25, -0.2) is 0 Å². The third kappa shape index (κ3) is 7.80. The van der Waals surface area contributed by atoms with Gasteiger partial charge in [-0.1, -0.05) is 12.1 Å². The Morgan fingerprint density at radius 3 is 2.55 bits per heavy atom. The van der Waals surface area contributed by atoms with Crippen LogP contribution in [0.25, 0.3) is 0 Å². The van der Waals surface area contributed by atoms with Crippen LogP contribution < -0.4 is 20.7 Å². The van der Waals surface area contributed by atoms with Crippen LogP contribution in [0.1, 0.15) is 28.8 Å². The third-order valence-corrected chi connectivity index (χ3v) is 4.78. The number of anilines is 1. The molecule has 0 saturated heterocycles. The number of nitrogens with one attached hydrogen (secondary N) is 3. The fourth-order valence-corrected chi connectivity index (χ4v) is 3.09. The molecule has 3 aromatic rings. The first-order chi connectivity index (χ1) is 16.0. The summed E-state index contributed by atoms with van der Waals surface area (Å²) in [5, 5.41) is 12.5. The molecule has 0 unspecified atom stereocenters. The molecule has 9 heteroatoms. The fourth-order valence-electron chi connectivity index (χ4n) is 3.09. The number of methoxy groups -OCH3 is 1. The van der Waals surface area contributed by atoms with Crippen LogP contribution in [0.3, 0.4) is 0 Å². The molecule has 172 valence electrons. The molecule has 0 fully saturated rings. The van der Waals surface area contributed by atoms with Gasteiger partial charge in [0, 0.05) is 43.2 Å². The van der Waals surface area contributed by atoms with Crippen molar-refractivity contribution in [2.24, 2.45) is 0 Å². The van der Waals surface area contributed by atoms with Crippen molar-refractivity contribution in [2.45, 2.75) is 25.9 Å². The summed E-state index contributed by atoms with van der Waals surface area (Å²) in [6, 6.07) is 15.9. The molecule has 3 amide bonds. The van der Waals surface area contributed by atoms with E-state index >= 15 is 0 Å². The van der Waals surface area contributed by atoms with Crippen molar-refractivity contribution in [3.05, 3.63) is 78.1 Å². The maximum atomic E-state index is 12.1. The number of benzene rings is 2. The number of carbonyl (C=O) groups is 3. The van der Waals surface area contributed by atoms with E-state index in [1.54, 1.807) is 60.6 Å². The molecule has 0 aliphatic heterocycles. The summed E-state index contributed by atoms with van der Waals surface area (Å²) in [6.45, 7) is 0.874. The Balaban J connectivity index is 1.35. The molecule has 0 spiro atoms. The minimum absolute atomic E-state index is 0.109. The van der Waals surface area contributed by atoms with E-state index in [1.807, 2.05) is 18.2 Å². The van der Waals surface area contributed by atoms with Crippen molar-refractivity contribution in [3.8, 4) is 5.75 Å². The summed E-state index contributed by atoms with van der Waals surface area (Å²) in [5.41, 5.74) is 2.06. The second-order valence-corrected chi connectivity index (χ2v) is 7.32. The van der Waals surface area contributed by atoms with Crippen LogP contribution in [-0.2, 0) is 22.7 Å². The van der Waals surface area contributed by atoms with E-state index < -0.39 is 0 Å². The first kappa shape index (κ1) is 23.5. The van der Waals surface area contributed by atoms with Crippen LogP contribution in [0.4, 0.5) is 5.69 Å². The molecular formula is C24H27N5O4. The summed E-state index contributed by atoms with van der Waals surface area (Å²) < 4.78 is 6.61. The van der Waals surface area contributed by atoms with Gasteiger partial charge < -0.3 is 20.7 Å². The quantitative estimate of drug-likeness (QED) is 0.389. The normalized spacial score (nSPS) is 10.3. The summed E-state index contributed by atoms with van der Waals surface area (Å²) in [6.07, 6.45) is 4.15. The van der Waals surface area contributed by atoms with Crippen molar-refractivity contribution in [1.82, 2.24) is 20.4 Å². The van der Waals surface area contributed by atoms with Crippen LogP contribution >= 0.6 is 0 Å². The molecule has 3 N–H and O–H groups in total. The van der Waals surface area contributed by atoms with E-state index in [0.717, 1.165) is 5.56 Å². The molecular weight excluding hydrogens is 422 g/mol. The Hall–Kier alpha value is -4.14.